The molecule has 0 radical (unpaired) electrons. The summed E-state index contributed by atoms with van der Waals surface area (Å²) >= 11 is 5.89. The second kappa shape index (κ2) is 6.10. The van der Waals surface area contributed by atoms with E-state index in [4.69, 9.17) is 22.7 Å². The molecule has 0 spiro atoms. The van der Waals surface area contributed by atoms with Crippen LogP contribution in [0.4, 0.5) is 5.82 Å². The number of hydrogen-bond acceptors (Lipinski definition) is 4. The first-order valence-corrected chi connectivity index (χ1v) is 6.91. The van der Waals surface area contributed by atoms with Crippen molar-refractivity contribution in [1.29, 1.82) is 5.41 Å². The number of anilines is 1. The minimum absolute atomic E-state index is 0.00320. The highest BCUT2D eigenvalue weighted by Gasteiger charge is 2.17. The number of hydrogen-bond donors (Lipinski definition) is 2. The maximum absolute atomic E-state index is 7.78. The van der Waals surface area contributed by atoms with Crippen LogP contribution in [0.25, 0.3) is 0 Å². The number of amidine groups is 1. The van der Waals surface area contributed by atoms with E-state index < -0.39 is 0 Å². The van der Waals surface area contributed by atoms with Crippen LogP contribution in [0.2, 0.25) is 5.02 Å². The number of aryl methyl sites for hydroxylation is 1. The van der Waals surface area contributed by atoms with Crippen molar-refractivity contribution in [1.82, 2.24) is 10.2 Å². The fourth-order valence-electron chi connectivity index (χ4n) is 2.12. The van der Waals surface area contributed by atoms with Crippen LogP contribution in [0.15, 0.2) is 24.3 Å². The van der Waals surface area contributed by atoms with Crippen molar-refractivity contribution < 1.29 is 0 Å². The summed E-state index contributed by atoms with van der Waals surface area (Å²) < 4.78 is 0. The first kappa shape index (κ1) is 15.3. The molecule has 0 atom stereocenters. The Bertz CT molecular complexity index is 667. The number of rotatable bonds is 4. The monoisotopic (exact) mass is 303 g/mol. The van der Waals surface area contributed by atoms with Gasteiger partial charge >= 0.3 is 0 Å². The van der Waals surface area contributed by atoms with E-state index in [2.05, 4.69) is 10.2 Å². The van der Waals surface area contributed by atoms with Crippen molar-refractivity contribution in [3.05, 3.63) is 51.7 Å². The van der Waals surface area contributed by atoms with Gasteiger partial charge < -0.3 is 10.6 Å². The predicted octanol–water partition coefficient (Wildman–Crippen LogP) is 2.67. The minimum Gasteiger partial charge on any atom is -0.384 e. The summed E-state index contributed by atoms with van der Waals surface area (Å²) in [6.07, 6.45) is 0. The Morgan fingerprint density at radius 2 is 1.86 bits per heavy atom. The third-order valence-electron chi connectivity index (χ3n) is 3.40. The van der Waals surface area contributed by atoms with Gasteiger partial charge in [0.05, 0.1) is 11.3 Å². The molecule has 110 valence electrons. The lowest BCUT2D eigenvalue weighted by Crippen LogP contribution is -2.25. The van der Waals surface area contributed by atoms with Crippen LogP contribution < -0.4 is 10.6 Å². The Labute approximate surface area is 129 Å². The van der Waals surface area contributed by atoms with E-state index in [1.54, 1.807) is 0 Å². The zero-order chi connectivity index (χ0) is 15.6. The standard InChI is InChI=1S/C15H18ClN5/c1-9-10(2)19-20-15(13(9)14(17)18)21(3)8-11-4-6-12(16)7-5-11/h4-7H,8H2,1-3H3,(H3,17,18). The number of nitrogens with two attached hydrogens (primary N) is 1. The first-order valence-electron chi connectivity index (χ1n) is 6.54. The van der Waals surface area contributed by atoms with Crippen molar-refractivity contribution >= 4 is 23.3 Å². The molecule has 0 aliphatic carbocycles. The van der Waals surface area contributed by atoms with Gasteiger partial charge in [0, 0.05) is 18.6 Å². The van der Waals surface area contributed by atoms with Crippen molar-refractivity contribution in [2.45, 2.75) is 20.4 Å². The highest BCUT2D eigenvalue weighted by molar-refractivity contribution is 6.30. The molecule has 2 aromatic rings. The van der Waals surface area contributed by atoms with Gasteiger partial charge in [0.1, 0.15) is 5.84 Å². The molecule has 21 heavy (non-hydrogen) atoms. The van der Waals surface area contributed by atoms with E-state index >= 15 is 0 Å². The van der Waals surface area contributed by atoms with Crippen LogP contribution in [0.5, 0.6) is 0 Å². The van der Waals surface area contributed by atoms with Crippen LogP contribution in [-0.2, 0) is 6.54 Å². The molecule has 0 saturated heterocycles. The summed E-state index contributed by atoms with van der Waals surface area (Å²) in [5.41, 5.74) is 9.10. The lowest BCUT2D eigenvalue weighted by atomic mass is 10.1. The van der Waals surface area contributed by atoms with Gasteiger partial charge in [-0.15, -0.1) is 5.10 Å². The zero-order valence-corrected chi connectivity index (χ0v) is 13.1. The minimum atomic E-state index is 0.00320. The number of nitrogens with zero attached hydrogens (tertiary/aromatic N) is 3. The summed E-state index contributed by atoms with van der Waals surface area (Å²) in [6, 6.07) is 7.62. The van der Waals surface area contributed by atoms with Crippen molar-refractivity contribution in [2.24, 2.45) is 5.73 Å². The molecule has 6 heteroatoms. The average molecular weight is 304 g/mol. The Morgan fingerprint density at radius 3 is 2.43 bits per heavy atom. The molecular formula is C15H18ClN5. The van der Waals surface area contributed by atoms with E-state index in [0.717, 1.165) is 16.8 Å². The van der Waals surface area contributed by atoms with Crippen molar-refractivity contribution in [3.8, 4) is 0 Å². The van der Waals surface area contributed by atoms with Crippen LogP contribution >= 0.6 is 11.6 Å². The molecule has 0 aliphatic rings. The number of halogens is 1. The molecule has 0 saturated carbocycles. The molecule has 0 fully saturated rings. The van der Waals surface area contributed by atoms with E-state index in [0.29, 0.717) is 22.9 Å². The van der Waals surface area contributed by atoms with E-state index in [1.807, 2.05) is 50.1 Å². The highest BCUT2D eigenvalue weighted by Crippen LogP contribution is 2.22. The quantitative estimate of drug-likeness (QED) is 0.672. The SMILES string of the molecule is Cc1nnc(N(C)Cc2ccc(Cl)cc2)c(C(=N)N)c1C. The van der Waals surface area contributed by atoms with Gasteiger partial charge in [0.15, 0.2) is 5.82 Å². The number of nitrogens with one attached hydrogen (secondary N) is 1. The number of nitrogen functional groups attached to an aromatic ring is 1. The van der Waals surface area contributed by atoms with Gasteiger partial charge in [-0.05, 0) is 37.1 Å². The molecule has 1 aromatic heterocycles. The Kier molecular flexibility index (Phi) is 4.43. The largest absolute Gasteiger partial charge is 0.384 e. The molecule has 5 nitrogen and oxygen atoms in total. The summed E-state index contributed by atoms with van der Waals surface area (Å²) in [5.74, 6) is 0.615. The van der Waals surface area contributed by atoms with E-state index in [-0.39, 0.29) is 5.84 Å². The molecule has 0 aliphatic heterocycles. The van der Waals surface area contributed by atoms with Gasteiger partial charge in [-0.2, -0.15) is 5.10 Å². The number of aromatic nitrogens is 2. The van der Waals surface area contributed by atoms with Crippen LogP contribution in [-0.4, -0.2) is 23.1 Å². The molecular weight excluding hydrogens is 286 g/mol. The topological polar surface area (TPSA) is 78.9 Å². The van der Waals surface area contributed by atoms with Gasteiger partial charge in [-0.25, -0.2) is 0 Å². The van der Waals surface area contributed by atoms with Crippen LogP contribution in [0, 0.1) is 19.3 Å². The van der Waals surface area contributed by atoms with E-state index in [9.17, 15) is 0 Å². The fourth-order valence-corrected chi connectivity index (χ4v) is 2.25. The maximum Gasteiger partial charge on any atom is 0.162 e. The molecule has 0 unspecified atom stereocenters. The Morgan fingerprint density at radius 1 is 1.24 bits per heavy atom. The lowest BCUT2D eigenvalue weighted by Gasteiger charge is -2.22. The Balaban J connectivity index is 2.35. The fraction of sp³-hybridized carbons (Fsp3) is 0.267. The molecule has 1 aromatic carbocycles. The van der Waals surface area contributed by atoms with Gasteiger partial charge in [-0.3, -0.25) is 5.41 Å². The van der Waals surface area contributed by atoms with Gasteiger partial charge in [0.2, 0.25) is 0 Å². The summed E-state index contributed by atoms with van der Waals surface area (Å²) in [6.45, 7) is 4.40. The predicted molar refractivity (Wildman–Crippen MR) is 86.1 cm³/mol. The molecule has 1 heterocycles. The first-order chi connectivity index (χ1) is 9.90. The normalized spacial score (nSPS) is 10.5. The van der Waals surface area contributed by atoms with Crippen LogP contribution in [0.1, 0.15) is 22.4 Å². The second-order valence-corrected chi connectivity index (χ2v) is 5.44. The molecule has 2 rings (SSSR count). The molecule has 0 bridgehead atoms. The van der Waals surface area contributed by atoms with E-state index in [1.165, 1.54) is 0 Å². The summed E-state index contributed by atoms with van der Waals surface area (Å²) in [7, 11) is 1.90. The highest BCUT2D eigenvalue weighted by atomic mass is 35.5. The molecule has 3 N–H and O–H groups in total. The zero-order valence-electron chi connectivity index (χ0n) is 12.3. The second-order valence-electron chi connectivity index (χ2n) is 5.01. The maximum atomic E-state index is 7.78. The summed E-state index contributed by atoms with van der Waals surface area (Å²) in [5, 5.41) is 16.8. The molecule has 0 amide bonds. The van der Waals surface area contributed by atoms with Gasteiger partial charge in [0.25, 0.3) is 0 Å². The Hall–Kier alpha value is -2.14. The average Bonchev–Trinajstić information content (AvgIpc) is 2.43. The number of benzene rings is 1. The van der Waals surface area contributed by atoms with Crippen molar-refractivity contribution in [2.75, 3.05) is 11.9 Å². The van der Waals surface area contributed by atoms with Gasteiger partial charge in [-0.1, -0.05) is 23.7 Å². The third kappa shape index (κ3) is 3.31. The summed E-state index contributed by atoms with van der Waals surface area (Å²) in [4.78, 5) is 1.93. The van der Waals surface area contributed by atoms with Crippen LogP contribution in [0.3, 0.4) is 0 Å². The van der Waals surface area contributed by atoms with Crippen molar-refractivity contribution in [3.63, 3.8) is 0 Å². The smallest absolute Gasteiger partial charge is 0.162 e. The lowest BCUT2D eigenvalue weighted by molar-refractivity contribution is 0.847. The third-order valence-corrected chi connectivity index (χ3v) is 3.65.